The number of carbonyl (C=O) groups excluding carboxylic acids is 2. The Bertz CT molecular complexity index is 622. The van der Waals surface area contributed by atoms with Crippen molar-refractivity contribution in [2.24, 2.45) is 0 Å². The third kappa shape index (κ3) is 2.54. The molecule has 1 heterocycles. The molecule has 0 spiro atoms. The van der Waals surface area contributed by atoms with Crippen LogP contribution in [0, 0.1) is 0 Å². The van der Waals surface area contributed by atoms with Crippen molar-refractivity contribution < 1.29 is 22.8 Å². The van der Waals surface area contributed by atoms with Gasteiger partial charge in [0.1, 0.15) is 0 Å². The number of amides is 1. The average Bonchev–Trinajstić information content (AvgIpc) is 2.43. The van der Waals surface area contributed by atoms with E-state index in [1.807, 2.05) is 6.07 Å². The lowest BCUT2D eigenvalue weighted by Gasteiger charge is -2.31. The zero-order valence-corrected chi connectivity index (χ0v) is 11.3. The monoisotopic (exact) mass is 297 g/mol. The molecule has 1 aromatic rings. The summed E-state index contributed by atoms with van der Waals surface area (Å²) in [6, 6.07) is 3.61. The van der Waals surface area contributed by atoms with Crippen LogP contribution in [0.3, 0.4) is 0 Å². The molecule has 0 saturated heterocycles. The normalized spacial score (nSPS) is 18.2. The van der Waals surface area contributed by atoms with Gasteiger partial charge in [0.15, 0.2) is 5.78 Å². The lowest BCUT2D eigenvalue weighted by Crippen LogP contribution is -2.43. The summed E-state index contributed by atoms with van der Waals surface area (Å²) in [6.07, 6.45) is -2.40. The van der Waals surface area contributed by atoms with Crippen LogP contribution in [0.1, 0.15) is 39.9 Å². The molecule has 1 aromatic carbocycles. The summed E-state index contributed by atoms with van der Waals surface area (Å²) < 4.78 is 37.5. The molecule has 2 aliphatic rings. The van der Waals surface area contributed by atoms with E-state index in [9.17, 15) is 22.8 Å². The van der Waals surface area contributed by atoms with Crippen molar-refractivity contribution in [3.63, 3.8) is 0 Å². The van der Waals surface area contributed by atoms with E-state index >= 15 is 0 Å². The van der Waals surface area contributed by atoms with Gasteiger partial charge in [-0.3, -0.25) is 9.59 Å². The van der Waals surface area contributed by atoms with Crippen LogP contribution in [0.4, 0.5) is 13.2 Å². The number of halogens is 3. The molecule has 3 nitrogen and oxygen atoms in total. The van der Waals surface area contributed by atoms with Crippen molar-refractivity contribution in [2.75, 3.05) is 6.54 Å². The summed E-state index contributed by atoms with van der Waals surface area (Å²) >= 11 is 0. The predicted octanol–water partition coefficient (Wildman–Crippen LogP) is 2.65. The minimum Gasteiger partial charge on any atom is -0.330 e. The van der Waals surface area contributed by atoms with Crippen molar-refractivity contribution in [3.05, 3.63) is 34.4 Å². The second-order valence-corrected chi connectivity index (χ2v) is 5.53. The maximum atomic E-state index is 12.5. The van der Waals surface area contributed by atoms with Gasteiger partial charge in [-0.05, 0) is 42.0 Å². The Labute approximate surface area is 119 Å². The fraction of sp³-hybridized carbons (Fsp3) is 0.467. The third-order valence-electron chi connectivity index (χ3n) is 4.12. The van der Waals surface area contributed by atoms with Crippen molar-refractivity contribution >= 4 is 11.7 Å². The second kappa shape index (κ2) is 4.86. The zero-order chi connectivity index (χ0) is 15.2. The van der Waals surface area contributed by atoms with Crippen molar-refractivity contribution in [1.82, 2.24) is 4.90 Å². The molecular formula is C15H14F3NO2. The number of aryl methyl sites for hydroxylation is 1. The van der Waals surface area contributed by atoms with Crippen LogP contribution in [0.5, 0.6) is 0 Å². The van der Waals surface area contributed by atoms with Crippen LogP contribution in [0.25, 0.3) is 0 Å². The smallest absolute Gasteiger partial charge is 0.330 e. The zero-order valence-electron chi connectivity index (χ0n) is 11.3. The SMILES string of the molecule is O=C1CCCc2cc3c(cc21)CCN(C(=O)C(F)(F)F)C3. The van der Waals surface area contributed by atoms with E-state index in [1.165, 1.54) is 0 Å². The molecule has 0 saturated carbocycles. The van der Waals surface area contributed by atoms with Gasteiger partial charge in [0.25, 0.3) is 0 Å². The van der Waals surface area contributed by atoms with E-state index in [4.69, 9.17) is 0 Å². The molecule has 112 valence electrons. The number of nitrogens with zero attached hydrogens (tertiary/aromatic N) is 1. The highest BCUT2D eigenvalue weighted by molar-refractivity contribution is 5.98. The van der Waals surface area contributed by atoms with E-state index < -0.39 is 12.1 Å². The lowest BCUT2D eigenvalue weighted by molar-refractivity contribution is -0.186. The molecule has 0 N–H and O–H groups in total. The number of hydrogen-bond acceptors (Lipinski definition) is 2. The van der Waals surface area contributed by atoms with Gasteiger partial charge in [-0.1, -0.05) is 6.07 Å². The molecule has 0 aromatic heterocycles. The fourth-order valence-electron chi connectivity index (χ4n) is 3.05. The molecule has 6 heteroatoms. The fourth-order valence-corrected chi connectivity index (χ4v) is 3.05. The van der Waals surface area contributed by atoms with E-state index in [-0.39, 0.29) is 18.9 Å². The Morgan fingerprint density at radius 2 is 1.81 bits per heavy atom. The maximum Gasteiger partial charge on any atom is 0.471 e. The molecular weight excluding hydrogens is 283 g/mol. The molecule has 0 atom stereocenters. The lowest BCUT2D eigenvalue weighted by atomic mass is 9.85. The molecule has 0 radical (unpaired) electrons. The molecule has 0 bridgehead atoms. The van der Waals surface area contributed by atoms with Gasteiger partial charge >= 0.3 is 12.1 Å². The van der Waals surface area contributed by atoms with Crippen LogP contribution in [0.15, 0.2) is 12.1 Å². The Morgan fingerprint density at radius 3 is 2.52 bits per heavy atom. The van der Waals surface area contributed by atoms with Gasteiger partial charge in [-0.25, -0.2) is 0 Å². The molecule has 3 rings (SSSR count). The van der Waals surface area contributed by atoms with Crippen molar-refractivity contribution in [3.8, 4) is 0 Å². The van der Waals surface area contributed by atoms with Gasteiger partial charge < -0.3 is 4.90 Å². The van der Waals surface area contributed by atoms with E-state index in [2.05, 4.69) is 0 Å². The standard InChI is InChI=1S/C15H14F3NO2/c16-15(17,18)14(21)19-5-4-9-7-12-10(6-11(9)8-19)2-1-3-13(12)20/h6-7H,1-5,8H2. The number of ketones is 1. The topological polar surface area (TPSA) is 37.4 Å². The summed E-state index contributed by atoms with van der Waals surface area (Å²) in [5.41, 5.74) is 3.21. The third-order valence-corrected chi connectivity index (χ3v) is 4.12. The highest BCUT2D eigenvalue weighted by atomic mass is 19.4. The van der Waals surface area contributed by atoms with Crippen molar-refractivity contribution in [1.29, 1.82) is 0 Å². The number of rotatable bonds is 0. The second-order valence-electron chi connectivity index (χ2n) is 5.53. The summed E-state index contributed by atoms with van der Waals surface area (Å²) in [5, 5.41) is 0. The Balaban J connectivity index is 1.90. The predicted molar refractivity (Wildman–Crippen MR) is 68.9 cm³/mol. The average molecular weight is 297 g/mol. The maximum absolute atomic E-state index is 12.5. The molecule has 0 unspecified atom stereocenters. The van der Waals surface area contributed by atoms with Crippen LogP contribution in [-0.2, 0) is 24.2 Å². The number of fused-ring (bicyclic) bond motifs is 2. The first-order valence-corrected chi connectivity index (χ1v) is 6.90. The summed E-state index contributed by atoms with van der Waals surface area (Å²) in [7, 11) is 0. The number of Topliss-reactive ketones (excluding diaryl/α,β-unsaturated/α-hetero) is 1. The largest absolute Gasteiger partial charge is 0.471 e. The van der Waals surface area contributed by atoms with Gasteiger partial charge in [-0.15, -0.1) is 0 Å². The van der Waals surface area contributed by atoms with Gasteiger partial charge in [0, 0.05) is 25.1 Å². The molecule has 1 aliphatic carbocycles. The highest BCUT2D eigenvalue weighted by Gasteiger charge is 2.43. The molecule has 0 fully saturated rings. The van der Waals surface area contributed by atoms with E-state index in [1.54, 1.807) is 6.07 Å². The van der Waals surface area contributed by atoms with E-state index in [0.717, 1.165) is 34.4 Å². The molecule has 21 heavy (non-hydrogen) atoms. The first-order valence-electron chi connectivity index (χ1n) is 6.90. The molecule has 1 amide bonds. The van der Waals surface area contributed by atoms with Crippen LogP contribution in [0.2, 0.25) is 0 Å². The van der Waals surface area contributed by atoms with Crippen LogP contribution in [-0.4, -0.2) is 29.3 Å². The first-order chi connectivity index (χ1) is 9.86. The highest BCUT2D eigenvalue weighted by Crippen LogP contribution is 2.30. The summed E-state index contributed by atoms with van der Waals surface area (Å²) in [4.78, 5) is 24.0. The summed E-state index contributed by atoms with van der Waals surface area (Å²) in [6.45, 7) is 0.00741. The Morgan fingerprint density at radius 1 is 1.05 bits per heavy atom. The Hall–Kier alpha value is -1.85. The van der Waals surface area contributed by atoms with Gasteiger partial charge in [-0.2, -0.15) is 13.2 Å². The minimum atomic E-state index is -4.83. The van der Waals surface area contributed by atoms with Gasteiger partial charge in [0.2, 0.25) is 0 Å². The molecule has 1 aliphatic heterocycles. The Kier molecular flexibility index (Phi) is 3.26. The quantitative estimate of drug-likeness (QED) is 0.738. The van der Waals surface area contributed by atoms with E-state index in [0.29, 0.717) is 18.4 Å². The number of alkyl halides is 3. The number of benzene rings is 1. The van der Waals surface area contributed by atoms with Crippen LogP contribution < -0.4 is 0 Å². The van der Waals surface area contributed by atoms with Crippen LogP contribution >= 0.6 is 0 Å². The number of carbonyl (C=O) groups is 2. The summed E-state index contributed by atoms with van der Waals surface area (Å²) in [5.74, 6) is -1.69. The number of hydrogen-bond donors (Lipinski definition) is 0. The minimum absolute atomic E-state index is 0.0326. The first kappa shape index (κ1) is 14.1. The van der Waals surface area contributed by atoms with Gasteiger partial charge in [0.05, 0.1) is 0 Å². The van der Waals surface area contributed by atoms with Crippen molar-refractivity contribution in [2.45, 2.75) is 38.4 Å².